The molecule has 0 spiro atoms. The molecular formula is C110H86Cl4F9N11O14. The number of alkyl halides is 9. The predicted molar refractivity (Wildman–Crippen MR) is 543 cm³/mol. The van der Waals surface area contributed by atoms with Crippen molar-refractivity contribution in [3.05, 3.63) is 392 Å². The number of aromatic nitrogens is 3. The predicted octanol–water partition coefficient (Wildman–Crippen LogP) is 24.3. The minimum Gasteiger partial charge on any atom is -0.481 e. The molecule has 6 N–H and O–H groups in total. The van der Waals surface area contributed by atoms with Crippen LogP contribution >= 0.6 is 46.4 Å². The Morgan fingerprint density at radius 1 is 0.345 bits per heavy atom. The molecule has 38 heteroatoms. The molecule has 0 bridgehead atoms. The lowest BCUT2D eigenvalue weighted by molar-refractivity contribution is -0.170. The van der Waals surface area contributed by atoms with Gasteiger partial charge in [0.15, 0.2) is 0 Å². The van der Waals surface area contributed by atoms with Crippen molar-refractivity contribution in [2.24, 2.45) is 20.4 Å². The van der Waals surface area contributed by atoms with Crippen molar-refractivity contribution in [3.8, 4) is 44.5 Å². The van der Waals surface area contributed by atoms with E-state index in [2.05, 4.69) is 35.4 Å². The highest BCUT2D eigenvalue weighted by Gasteiger charge is 2.52. The molecular weight excluding hydrogens is 2010 g/mol. The number of amides is 4. The third-order valence-corrected chi connectivity index (χ3v) is 25.7. The van der Waals surface area contributed by atoms with Crippen molar-refractivity contribution in [1.29, 1.82) is 0 Å². The Morgan fingerprint density at radius 3 is 1.08 bits per heavy atom. The number of rotatable bonds is 24. The number of hydrogen-bond acceptors (Lipinski definition) is 15. The molecule has 0 saturated heterocycles. The van der Waals surface area contributed by atoms with E-state index >= 15 is 0 Å². The van der Waals surface area contributed by atoms with Gasteiger partial charge in [0.25, 0.3) is 11.1 Å². The van der Waals surface area contributed by atoms with Gasteiger partial charge in [0.2, 0.25) is 11.8 Å². The monoisotopic (exact) mass is 2100 g/mol. The number of aliphatic carboxylic acids is 4. The Labute approximate surface area is 857 Å². The molecule has 11 aromatic carbocycles. The number of fused-ring (bicyclic) bond motifs is 2. The maximum absolute atomic E-state index is 14.6. The van der Waals surface area contributed by atoms with Crippen LogP contribution in [0.4, 0.5) is 39.5 Å². The van der Waals surface area contributed by atoms with Crippen molar-refractivity contribution in [1.82, 2.24) is 35.0 Å². The van der Waals surface area contributed by atoms with Gasteiger partial charge in [-0.25, -0.2) is 24.8 Å². The van der Waals surface area contributed by atoms with Crippen LogP contribution in [-0.2, 0) is 44.5 Å². The number of pyridine rings is 3. The third-order valence-electron chi connectivity index (χ3n) is 24.7. The molecule has 4 aliphatic heterocycles. The third kappa shape index (κ3) is 24.3. The summed E-state index contributed by atoms with van der Waals surface area (Å²) in [5.74, 6) is -24.7. The maximum atomic E-state index is 14.6. The lowest BCUT2D eigenvalue weighted by Gasteiger charge is -2.25. The van der Waals surface area contributed by atoms with Gasteiger partial charge in [-0.05, 0) is 156 Å². The summed E-state index contributed by atoms with van der Waals surface area (Å²) >= 11 is 24.6. The van der Waals surface area contributed by atoms with E-state index in [1.807, 2.05) is 125 Å². The van der Waals surface area contributed by atoms with E-state index in [0.29, 0.717) is 130 Å². The van der Waals surface area contributed by atoms with E-state index in [4.69, 9.17) is 66.8 Å². The minimum atomic E-state index is -4.50. The Kier molecular flexibility index (Phi) is 31.9. The van der Waals surface area contributed by atoms with E-state index in [1.165, 1.54) is 17.1 Å². The smallest absolute Gasteiger partial charge is 0.416 e. The number of nitrogens with one attached hydrogen (secondary N) is 2. The zero-order chi connectivity index (χ0) is 106. The molecule has 4 unspecified atom stereocenters. The number of H-pyrrole nitrogens is 2. The first-order chi connectivity index (χ1) is 70.3. The molecule has 4 atom stereocenters. The summed E-state index contributed by atoms with van der Waals surface area (Å²) in [6, 6.07) is 73.9. The van der Waals surface area contributed by atoms with Gasteiger partial charge < -0.3 is 30.4 Å². The number of carboxylic acids is 4. The summed E-state index contributed by atoms with van der Waals surface area (Å²) in [7, 11) is 0. The Bertz CT molecular complexity index is 7750. The standard InChI is InChI=1S/C29H22ClF2N3O4.C28H23ClN4O4.C27H21F5N2O3.C26H20Cl2F2N2O3/c1-16-6-8-17(9-7-16)23-14-22(34-35(23)24(36)15-29(31,32)28(38)39)26-25(18-10-12-19(30)13-11-18)20-4-2-3-5-21(20)33-27(26)37;1-16-6-7-18(15-30-16)23-14-22(32-33(23)24(34)12-13-25(35)36)27-26(17-8-10-19(29)11-9-17)20-4-2-3-5-21(20)31-28(27)37;1-16-6-8-18(9-7-16)23-14-22(33-34(23)25(37)26(28,29)15-24(35)36)21-5-3-2-4-20(21)17-10-12-19(13-11-17)27(30,31)32;1-15-6-8-16(9-7-15)23-13-22(31-32(23)25(35)26(29,30)14-24(33)34)21-5-3-2-4-20(21)17-10-18(27)12-19(28)11-17/h2-13,23H,14-15H2,1H3,(H,33,37)(H,38,39);2-11,15,23H,12-14H2,1H3,(H,31,37)(H,35,36);2-13,23H,14-15H2,1H3,(H,35,36);2-12,23H,13-14H2,1H3,(H,33,34). The fourth-order valence-electron chi connectivity index (χ4n) is 17.5. The first kappa shape index (κ1) is 106. The van der Waals surface area contributed by atoms with E-state index < -0.39 is 126 Å². The zero-order valence-electron chi connectivity index (χ0n) is 78.5. The first-order valence-corrected chi connectivity index (χ1v) is 47.2. The molecule has 18 rings (SSSR count). The van der Waals surface area contributed by atoms with Gasteiger partial charge in [0.1, 0.15) is 19.3 Å². The van der Waals surface area contributed by atoms with Crippen molar-refractivity contribution < 1.29 is 98.3 Å². The molecule has 756 valence electrons. The van der Waals surface area contributed by atoms with Crippen LogP contribution in [0.15, 0.2) is 309 Å². The van der Waals surface area contributed by atoms with Crippen LogP contribution in [0, 0.1) is 27.7 Å². The summed E-state index contributed by atoms with van der Waals surface area (Å²) in [4.78, 5) is 133. The fourth-order valence-corrected chi connectivity index (χ4v) is 18.3. The number of carboxylic acid groups (broad SMARTS) is 4. The Balaban J connectivity index is 0.000000148. The second kappa shape index (κ2) is 44.5. The van der Waals surface area contributed by atoms with Crippen molar-refractivity contribution >= 4 is 139 Å². The van der Waals surface area contributed by atoms with E-state index in [9.17, 15) is 87.5 Å². The fraction of sp³-hybridized carbons (Fsp3) is 0.191. The van der Waals surface area contributed by atoms with Gasteiger partial charge in [-0.3, -0.25) is 48.1 Å². The molecule has 0 saturated carbocycles. The summed E-state index contributed by atoms with van der Waals surface area (Å²) < 4.78 is 125. The van der Waals surface area contributed by atoms with Gasteiger partial charge in [-0.1, -0.05) is 263 Å². The van der Waals surface area contributed by atoms with Gasteiger partial charge in [-0.2, -0.15) is 59.9 Å². The maximum Gasteiger partial charge on any atom is 0.416 e. The number of para-hydroxylation sites is 2. The minimum absolute atomic E-state index is 0.0373. The normalized spacial score (nSPS) is 15.6. The number of benzene rings is 11. The molecule has 7 heterocycles. The van der Waals surface area contributed by atoms with Crippen LogP contribution in [0.5, 0.6) is 0 Å². The summed E-state index contributed by atoms with van der Waals surface area (Å²) in [6.45, 7) is 7.47. The van der Waals surface area contributed by atoms with Crippen LogP contribution in [0.2, 0.25) is 20.1 Å². The lowest BCUT2D eigenvalue weighted by Crippen LogP contribution is -2.42. The first-order valence-electron chi connectivity index (χ1n) is 45.7. The number of aryl methyl sites for hydroxylation is 4. The molecule has 4 aliphatic rings. The highest BCUT2D eigenvalue weighted by atomic mass is 35.5. The van der Waals surface area contributed by atoms with Crippen molar-refractivity contribution in [2.75, 3.05) is 0 Å². The number of halogens is 13. The van der Waals surface area contributed by atoms with Crippen LogP contribution in [0.3, 0.4) is 0 Å². The molecule has 4 amide bonds. The molecule has 25 nitrogen and oxygen atoms in total. The molecule has 0 fully saturated rings. The lowest BCUT2D eigenvalue weighted by atomic mass is 9.91. The van der Waals surface area contributed by atoms with E-state index in [0.717, 1.165) is 56.0 Å². The number of nitrogens with zero attached hydrogens (tertiary/aromatic N) is 9. The number of aromatic amines is 2. The van der Waals surface area contributed by atoms with Crippen molar-refractivity contribution in [2.45, 2.75) is 134 Å². The van der Waals surface area contributed by atoms with Crippen LogP contribution in [-0.4, -0.2) is 144 Å². The van der Waals surface area contributed by atoms with Crippen LogP contribution in [0.1, 0.15) is 154 Å². The quantitative estimate of drug-likeness (QED) is 0.0306. The second-order valence-corrected chi connectivity index (χ2v) is 37.0. The molecule has 148 heavy (non-hydrogen) atoms. The van der Waals surface area contributed by atoms with Gasteiger partial charge >= 0.3 is 59.6 Å². The van der Waals surface area contributed by atoms with E-state index in [-0.39, 0.29) is 61.1 Å². The van der Waals surface area contributed by atoms with Gasteiger partial charge in [-0.15, -0.1) is 0 Å². The van der Waals surface area contributed by atoms with Crippen LogP contribution in [0.25, 0.3) is 66.3 Å². The molecule has 3 aromatic heterocycles. The molecule has 0 aliphatic carbocycles. The highest BCUT2D eigenvalue weighted by Crippen LogP contribution is 2.46. The number of carbonyl (C=O) groups is 8. The average molecular weight is 2100 g/mol. The topological polar surface area (TPSA) is 358 Å². The summed E-state index contributed by atoms with van der Waals surface area (Å²) in [5.41, 5.74) is 13.8. The molecule has 14 aromatic rings. The summed E-state index contributed by atoms with van der Waals surface area (Å²) in [6.07, 6.45) is -7.70. The zero-order valence-corrected chi connectivity index (χ0v) is 81.6. The number of hydrogen-bond donors (Lipinski definition) is 6. The summed E-state index contributed by atoms with van der Waals surface area (Å²) in [5, 5.41) is 60.2. The van der Waals surface area contributed by atoms with Crippen LogP contribution < -0.4 is 11.1 Å². The largest absolute Gasteiger partial charge is 0.481 e. The highest BCUT2D eigenvalue weighted by molar-refractivity contribution is 6.35. The van der Waals surface area contributed by atoms with Gasteiger partial charge in [0.05, 0.1) is 70.1 Å². The second-order valence-electron chi connectivity index (χ2n) is 35.3. The van der Waals surface area contributed by atoms with Crippen molar-refractivity contribution in [3.63, 3.8) is 0 Å². The SMILES string of the molecule is Cc1ccc(C2CC(c3c(-c4ccc(Cl)cc4)c4ccccc4[nH]c3=O)=NN2C(=O)CC(F)(F)C(=O)O)cc1.Cc1ccc(C2CC(c3c(-c4ccc(Cl)cc4)c4ccccc4[nH]c3=O)=NN2C(=O)CCC(=O)O)cn1.Cc1ccc(C2CC(c3ccccc3-c3cc(Cl)cc(Cl)c3)=NN2C(=O)C(F)(F)CC(=O)O)cc1.Cc1ccc(C2CC(c3ccccc3-c3ccc(C(F)(F)F)cc3)=NN2C(=O)C(F)(F)CC(=O)O)cc1. The van der Waals surface area contributed by atoms with E-state index in [1.54, 1.807) is 158 Å². The Hall–Kier alpha value is -16.0. The average Bonchev–Trinajstić information content (AvgIpc) is 1.50. The Morgan fingerprint density at radius 2 is 0.696 bits per heavy atom. The van der Waals surface area contributed by atoms with Gasteiger partial charge in [0, 0.05) is 108 Å². The molecule has 0 radical (unpaired) electrons. The number of carbonyl (C=O) groups excluding carboxylic acids is 4. The number of hydrazone groups is 4.